The van der Waals surface area contributed by atoms with Crippen molar-refractivity contribution in [2.75, 3.05) is 7.11 Å². The maximum atomic E-state index is 11.2. The molecule has 2 aliphatic rings. The lowest BCUT2D eigenvalue weighted by atomic mass is 10.0. The summed E-state index contributed by atoms with van der Waals surface area (Å²) >= 11 is 3.26. The Morgan fingerprint density at radius 2 is 2.36 bits per heavy atom. The van der Waals surface area contributed by atoms with E-state index in [1.807, 2.05) is 0 Å². The summed E-state index contributed by atoms with van der Waals surface area (Å²) in [6.45, 7) is 0. The predicted octanol–water partition coefficient (Wildman–Crippen LogP) is 0.907. The number of allylic oxidation sites excluding steroid dienone is 1. The second-order valence-electron chi connectivity index (χ2n) is 2.73. The van der Waals surface area contributed by atoms with Gasteiger partial charge in [-0.2, -0.15) is 5.10 Å². The Labute approximate surface area is 88.4 Å². The molecule has 1 atom stereocenters. The number of carbonyl (C=O) groups is 1. The molecular formula is C8H6BrN3O2. The van der Waals surface area contributed by atoms with Gasteiger partial charge in [-0.15, -0.1) is 5.10 Å². The van der Waals surface area contributed by atoms with Crippen LogP contribution in [0.4, 0.5) is 0 Å². The Hall–Kier alpha value is -1.30. The molecule has 0 radical (unpaired) electrons. The number of halogens is 1. The highest BCUT2D eigenvalue weighted by atomic mass is 79.9. The van der Waals surface area contributed by atoms with Crippen LogP contribution in [0.2, 0.25) is 0 Å². The van der Waals surface area contributed by atoms with E-state index in [9.17, 15) is 4.79 Å². The molecule has 0 N–H and O–H groups in total. The number of esters is 1. The number of ether oxygens (including phenoxy) is 1. The van der Waals surface area contributed by atoms with Crippen molar-refractivity contribution in [1.29, 1.82) is 0 Å². The summed E-state index contributed by atoms with van der Waals surface area (Å²) in [4.78, 5) is 15.1. The molecule has 0 unspecified atom stereocenters. The molecule has 0 aromatic carbocycles. The molecule has 2 aliphatic heterocycles. The number of fused-ring (bicyclic) bond motifs is 1. The fourth-order valence-electron chi connectivity index (χ4n) is 1.17. The zero-order valence-electron chi connectivity index (χ0n) is 7.27. The zero-order valence-corrected chi connectivity index (χ0v) is 8.85. The molecule has 0 bridgehead atoms. The maximum Gasteiger partial charge on any atom is 0.356 e. The van der Waals surface area contributed by atoms with Crippen LogP contribution in [-0.2, 0) is 9.53 Å². The summed E-state index contributed by atoms with van der Waals surface area (Å²) in [7, 11) is 1.32. The van der Waals surface area contributed by atoms with Gasteiger partial charge in [0.05, 0.1) is 25.0 Å². The molecule has 14 heavy (non-hydrogen) atoms. The van der Waals surface area contributed by atoms with Crippen LogP contribution in [0.1, 0.15) is 0 Å². The van der Waals surface area contributed by atoms with E-state index in [1.165, 1.54) is 13.3 Å². The van der Waals surface area contributed by atoms with Gasteiger partial charge in [0.1, 0.15) is 10.3 Å². The minimum Gasteiger partial charge on any atom is -0.464 e. The average Bonchev–Trinajstić information content (AvgIpc) is 2.59. The van der Waals surface area contributed by atoms with Crippen molar-refractivity contribution in [2.45, 2.75) is 0 Å². The van der Waals surface area contributed by atoms with Gasteiger partial charge in [0.25, 0.3) is 0 Å². The summed E-state index contributed by atoms with van der Waals surface area (Å²) in [6.07, 6.45) is 3.19. The van der Waals surface area contributed by atoms with E-state index in [0.29, 0.717) is 4.62 Å². The fraction of sp³-hybridized carbons (Fsp3) is 0.250. The number of hydrogen-bond donors (Lipinski definition) is 0. The first kappa shape index (κ1) is 9.26. The smallest absolute Gasteiger partial charge is 0.356 e. The van der Waals surface area contributed by atoms with Crippen molar-refractivity contribution in [2.24, 2.45) is 21.1 Å². The quantitative estimate of drug-likeness (QED) is 0.654. The third-order valence-electron chi connectivity index (χ3n) is 1.89. The molecular weight excluding hydrogens is 250 g/mol. The molecule has 5 nitrogen and oxygen atoms in total. The molecule has 0 fully saturated rings. The van der Waals surface area contributed by atoms with Gasteiger partial charge in [-0.05, 0) is 22.0 Å². The second kappa shape index (κ2) is 3.45. The number of hydrogen-bond acceptors (Lipinski definition) is 5. The standard InChI is InChI=1S/C8H6BrN3O2/c1-14-8(13)5-2-4-6(3-10-5)11-12-7(4)9/h2-4H,1H3/t4-/m0/s1. The van der Waals surface area contributed by atoms with E-state index in [4.69, 9.17) is 0 Å². The van der Waals surface area contributed by atoms with Crippen molar-refractivity contribution in [3.63, 3.8) is 0 Å². The van der Waals surface area contributed by atoms with Crippen LogP contribution < -0.4 is 0 Å². The lowest BCUT2D eigenvalue weighted by Crippen LogP contribution is -2.21. The van der Waals surface area contributed by atoms with Crippen molar-refractivity contribution in [1.82, 2.24) is 0 Å². The molecule has 2 rings (SSSR count). The summed E-state index contributed by atoms with van der Waals surface area (Å²) in [6, 6.07) is 0. The van der Waals surface area contributed by atoms with Crippen molar-refractivity contribution < 1.29 is 9.53 Å². The van der Waals surface area contributed by atoms with Gasteiger partial charge in [0, 0.05) is 0 Å². The highest BCUT2D eigenvalue weighted by Crippen LogP contribution is 2.22. The molecule has 0 aromatic heterocycles. The van der Waals surface area contributed by atoms with Crippen LogP contribution in [0.25, 0.3) is 0 Å². The molecule has 0 saturated carbocycles. The van der Waals surface area contributed by atoms with Crippen molar-refractivity contribution in [3.8, 4) is 0 Å². The number of rotatable bonds is 1. The predicted molar refractivity (Wildman–Crippen MR) is 55.9 cm³/mol. The van der Waals surface area contributed by atoms with Gasteiger partial charge in [-0.1, -0.05) is 0 Å². The van der Waals surface area contributed by atoms with Crippen LogP contribution >= 0.6 is 15.9 Å². The van der Waals surface area contributed by atoms with Crippen molar-refractivity contribution in [3.05, 3.63) is 11.8 Å². The van der Waals surface area contributed by atoms with E-state index in [2.05, 4.69) is 35.9 Å². The van der Waals surface area contributed by atoms with Gasteiger partial charge in [-0.3, -0.25) is 0 Å². The van der Waals surface area contributed by atoms with Crippen LogP contribution in [0.3, 0.4) is 0 Å². The molecule has 2 heterocycles. The molecule has 0 aromatic rings. The third-order valence-corrected chi connectivity index (χ3v) is 2.54. The molecule has 72 valence electrons. The summed E-state index contributed by atoms with van der Waals surface area (Å²) in [5.74, 6) is -0.547. The van der Waals surface area contributed by atoms with Gasteiger partial charge < -0.3 is 4.74 Å². The maximum absolute atomic E-state index is 11.2. The number of carbonyl (C=O) groups excluding carboxylic acids is 1. The lowest BCUT2D eigenvalue weighted by Gasteiger charge is -2.10. The van der Waals surface area contributed by atoms with E-state index in [0.717, 1.165) is 5.71 Å². The monoisotopic (exact) mass is 255 g/mol. The van der Waals surface area contributed by atoms with Crippen molar-refractivity contribution >= 4 is 38.4 Å². The van der Waals surface area contributed by atoms with Crippen LogP contribution in [0.5, 0.6) is 0 Å². The number of aliphatic imine (C=N–C) groups is 1. The molecule has 0 amide bonds. The Kier molecular flexibility index (Phi) is 2.28. The summed E-state index contributed by atoms with van der Waals surface area (Å²) < 4.78 is 5.24. The minimum atomic E-state index is -0.451. The summed E-state index contributed by atoms with van der Waals surface area (Å²) in [5.41, 5.74) is 1.01. The van der Waals surface area contributed by atoms with Gasteiger partial charge in [0.15, 0.2) is 0 Å². The van der Waals surface area contributed by atoms with E-state index in [1.54, 1.807) is 6.08 Å². The largest absolute Gasteiger partial charge is 0.464 e. The highest BCUT2D eigenvalue weighted by Gasteiger charge is 2.27. The second-order valence-corrected chi connectivity index (χ2v) is 3.54. The molecule has 6 heteroatoms. The first-order valence-electron chi connectivity index (χ1n) is 3.87. The Morgan fingerprint density at radius 3 is 3.07 bits per heavy atom. The van der Waals surface area contributed by atoms with Gasteiger partial charge in [0.2, 0.25) is 0 Å². The Morgan fingerprint density at radius 1 is 1.57 bits per heavy atom. The van der Waals surface area contributed by atoms with Crippen LogP contribution in [0, 0.1) is 5.92 Å². The zero-order chi connectivity index (χ0) is 10.1. The normalized spacial score (nSPS) is 23.6. The SMILES string of the molecule is COC(=O)C1=C[C@@H]2C(Br)=NN=C2C=N1. The third kappa shape index (κ3) is 1.41. The van der Waals surface area contributed by atoms with Gasteiger partial charge in [-0.25, -0.2) is 9.79 Å². The summed E-state index contributed by atoms with van der Waals surface area (Å²) in [5, 5.41) is 7.70. The molecule has 0 saturated heterocycles. The molecule has 0 spiro atoms. The average molecular weight is 256 g/mol. The minimum absolute atomic E-state index is 0.0957. The van der Waals surface area contributed by atoms with Gasteiger partial charge >= 0.3 is 5.97 Å². The Bertz CT molecular complexity index is 409. The topological polar surface area (TPSA) is 63.4 Å². The first-order chi connectivity index (χ1) is 6.72. The van der Waals surface area contributed by atoms with Crippen LogP contribution in [0.15, 0.2) is 27.0 Å². The lowest BCUT2D eigenvalue weighted by molar-refractivity contribution is -0.136. The fourth-order valence-corrected chi connectivity index (χ4v) is 1.62. The number of nitrogens with zero attached hydrogens (tertiary/aromatic N) is 3. The van der Waals surface area contributed by atoms with E-state index >= 15 is 0 Å². The Balaban J connectivity index is 2.29. The highest BCUT2D eigenvalue weighted by molar-refractivity contribution is 9.18. The van der Waals surface area contributed by atoms with E-state index in [-0.39, 0.29) is 11.6 Å². The first-order valence-corrected chi connectivity index (χ1v) is 4.67. The van der Waals surface area contributed by atoms with Crippen LogP contribution in [-0.4, -0.2) is 29.6 Å². The van der Waals surface area contributed by atoms with E-state index < -0.39 is 5.97 Å². The molecule has 0 aliphatic carbocycles. The number of methoxy groups -OCH3 is 1.